The van der Waals surface area contributed by atoms with Crippen molar-refractivity contribution in [1.82, 2.24) is 0 Å². The van der Waals surface area contributed by atoms with Crippen molar-refractivity contribution < 1.29 is 23.9 Å². The van der Waals surface area contributed by atoms with Crippen LogP contribution in [0, 0.1) is 6.92 Å². The van der Waals surface area contributed by atoms with E-state index in [9.17, 15) is 14.4 Å². The van der Waals surface area contributed by atoms with Crippen LogP contribution in [0.15, 0.2) is 54.6 Å². The van der Waals surface area contributed by atoms with Gasteiger partial charge < -0.3 is 25.8 Å². The molecule has 0 unspecified atom stereocenters. The molecule has 0 spiro atoms. The van der Waals surface area contributed by atoms with Crippen molar-refractivity contribution in [3.63, 3.8) is 0 Å². The Kier molecular flexibility index (Phi) is 8.17. The van der Waals surface area contributed by atoms with Crippen molar-refractivity contribution in [1.29, 1.82) is 0 Å². The lowest BCUT2D eigenvalue weighted by Gasteiger charge is -2.12. The molecule has 0 saturated heterocycles. The molecule has 0 atom stereocenters. The third kappa shape index (κ3) is 5.97. The van der Waals surface area contributed by atoms with Crippen LogP contribution in [-0.4, -0.2) is 44.7 Å². The number of methoxy groups -OCH3 is 1. The van der Waals surface area contributed by atoms with Crippen LogP contribution in [0.25, 0.3) is 11.1 Å². The van der Waals surface area contributed by atoms with Crippen LogP contribution in [-0.2, 0) is 14.3 Å². The maximum atomic E-state index is 12.7. The first-order valence-electron chi connectivity index (χ1n) is 10.2. The zero-order chi connectivity index (χ0) is 23.8. The highest BCUT2D eigenvalue weighted by Crippen LogP contribution is 2.33. The fourth-order valence-electron chi connectivity index (χ4n) is 3.23. The topological polar surface area (TPSA) is 120 Å². The van der Waals surface area contributed by atoms with Crippen LogP contribution in [0.1, 0.15) is 25.6 Å². The lowest BCUT2D eigenvalue weighted by Crippen LogP contribution is -2.23. The molecule has 2 aromatic carbocycles. The molecule has 0 aliphatic carbocycles. The average molecular weight is 468 g/mol. The van der Waals surface area contributed by atoms with Gasteiger partial charge in [0.2, 0.25) is 5.91 Å². The number of ether oxygens (including phenoxy) is 2. The second-order valence-corrected chi connectivity index (χ2v) is 8.09. The van der Waals surface area contributed by atoms with Gasteiger partial charge >= 0.3 is 5.97 Å². The molecule has 33 heavy (non-hydrogen) atoms. The van der Waals surface area contributed by atoms with E-state index in [4.69, 9.17) is 15.2 Å². The first-order valence-corrected chi connectivity index (χ1v) is 11.0. The molecule has 1 heterocycles. The van der Waals surface area contributed by atoms with E-state index in [0.717, 1.165) is 28.2 Å². The van der Waals surface area contributed by atoms with Gasteiger partial charge in [0, 0.05) is 18.4 Å². The summed E-state index contributed by atoms with van der Waals surface area (Å²) in [4.78, 5) is 37.2. The van der Waals surface area contributed by atoms with Crippen molar-refractivity contribution >= 4 is 39.8 Å². The van der Waals surface area contributed by atoms with Crippen LogP contribution < -0.4 is 16.4 Å². The van der Waals surface area contributed by atoms with E-state index >= 15 is 0 Å². The van der Waals surface area contributed by atoms with Gasteiger partial charge in [-0.2, -0.15) is 0 Å². The van der Waals surface area contributed by atoms with Gasteiger partial charge in [-0.15, -0.1) is 11.3 Å². The number of para-hydroxylation sites is 1. The Morgan fingerprint density at radius 3 is 2.39 bits per heavy atom. The Morgan fingerprint density at radius 1 is 1.00 bits per heavy atom. The fourth-order valence-corrected chi connectivity index (χ4v) is 4.29. The van der Waals surface area contributed by atoms with Gasteiger partial charge in [-0.05, 0) is 24.1 Å². The van der Waals surface area contributed by atoms with E-state index in [-0.39, 0.29) is 41.1 Å². The third-order valence-electron chi connectivity index (χ3n) is 4.80. The number of amides is 2. The summed E-state index contributed by atoms with van der Waals surface area (Å²) in [5.41, 5.74) is 8.67. The Bertz CT molecular complexity index is 1140. The summed E-state index contributed by atoms with van der Waals surface area (Å²) in [6, 6.07) is 17.5. The monoisotopic (exact) mass is 467 g/mol. The minimum atomic E-state index is -0.682. The van der Waals surface area contributed by atoms with E-state index in [0.29, 0.717) is 5.56 Å². The quantitative estimate of drug-likeness (QED) is 0.309. The van der Waals surface area contributed by atoms with Crippen molar-refractivity contribution in [2.75, 3.05) is 37.5 Å². The number of nitrogens with one attached hydrogen (secondary N) is 2. The summed E-state index contributed by atoms with van der Waals surface area (Å²) in [6.45, 7) is 1.81. The number of hydrogen-bond acceptors (Lipinski definition) is 7. The van der Waals surface area contributed by atoms with Crippen LogP contribution in [0.3, 0.4) is 0 Å². The van der Waals surface area contributed by atoms with Gasteiger partial charge in [-0.25, -0.2) is 4.79 Å². The van der Waals surface area contributed by atoms with Crippen LogP contribution in [0.4, 0.5) is 10.7 Å². The smallest absolute Gasteiger partial charge is 0.341 e. The van der Waals surface area contributed by atoms with E-state index in [1.807, 2.05) is 54.6 Å². The number of thiophene rings is 1. The molecule has 3 rings (SSSR count). The highest BCUT2D eigenvalue weighted by molar-refractivity contribution is 7.18. The van der Waals surface area contributed by atoms with E-state index in [2.05, 4.69) is 10.6 Å². The van der Waals surface area contributed by atoms with Gasteiger partial charge in [0.25, 0.3) is 5.91 Å². The molecular weight excluding hydrogens is 442 g/mol. The molecule has 0 aliphatic heterocycles. The number of carbonyl (C=O) groups excluding carboxylic acids is 3. The van der Waals surface area contributed by atoms with Crippen LogP contribution in [0.5, 0.6) is 0 Å². The zero-order valence-electron chi connectivity index (χ0n) is 18.3. The Balaban J connectivity index is 1.75. The molecule has 0 radical (unpaired) electrons. The van der Waals surface area contributed by atoms with Gasteiger partial charge in [0.1, 0.15) is 11.6 Å². The number of nitrogens with two attached hydrogens (primary N) is 1. The Hall–Kier alpha value is -3.69. The highest BCUT2D eigenvalue weighted by Gasteiger charge is 2.25. The summed E-state index contributed by atoms with van der Waals surface area (Å²) in [5, 5.41) is 6.05. The second-order valence-electron chi connectivity index (χ2n) is 7.07. The lowest BCUT2D eigenvalue weighted by atomic mass is 10.0. The molecule has 1 aromatic heterocycles. The molecule has 2 amide bonds. The number of hydrogen-bond donors (Lipinski definition) is 3. The number of carbonyl (C=O) groups is 3. The van der Waals surface area contributed by atoms with Crippen LogP contribution >= 0.6 is 11.3 Å². The first-order chi connectivity index (χ1) is 15.9. The maximum absolute atomic E-state index is 12.7. The SMILES string of the molecule is COCCOC(=O)c1c(NC(=O)CNc2ccccc2-c2ccccc2)sc(C(N)=O)c1C. The summed E-state index contributed by atoms with van der Waals surface area (Å²) >= 11 is 0.945. The number of rotatable bonds is 10. The minimum Gasteiger partial charge on any atom is -0.460 e. The van der Waals surface area contributed by atoms with E-state index in [1.165, 1.54) is 7.11 Å². The zero-order valence-corrected chi connectivity index (χ0v) is 19.2. The lowest BCUT2D eigenvalue weighted by molar-refractivity contribution is -0.114. The Labute approximate surface area is 195 Å². The van der Waals surface area contributed by atoms with E-state index < -0.39 is 11.9 Å². The molecule has 172 valence electrons. The third-order valence-corrected chi connectivity index (χ3v) is 6.02. The predicted octanol–water partition coefficient (Wildman–Crippen LogP) is 3.68. The molecule has 0 bridgehead atoms. The number of primary amides is 1. The normalized spacial score (nSPS) is 10.5. The van der Waals surface area contributed by atoms with E-state index in [1.54, 1.807) is 6.92 Å². The fraction of sp³-hybridized carbons (Fsp3) is 0.208. The minimum absolute atomic E-state index is 0.0434. The largest absolute Gasteiger partial charge is 0.460 e. The van der Waals surface area contributed by atoms with Crippen molar-refractivity contribution in [2.45, 2.75) is 6.92 Å². The Morgan fingerprint density at radius 2 is 1.70 bits per heavy atom. The molecule has 8 nitrogen and oxygen atoms in total. The average Bonchev–Trinajstić information content (AvgIpc) is 3.14. The van der Waals surface area contributed by atoms with Crippen LogP contribution in [0.2, 0.25) is 0 Å². The molecule has 4 N–H and O–H groups in total. The summed E-state index contributed by atoms with van der Waals surface area (Å²) in [5.74, 6) is -1.73. The van der Waals surface area contributed by atoms with Gasteiger partial charge in [-0.1, -0.05) is 48.5 Å². The molecular formula is C24H25N3O5S. The van der Waals surface area contributed by atoms with Crippen molar-refractivity contribution in [3.05, 3.63) is 70.6 Å². The summed E-state index contributed by atoms with van der Waals surface area (Å²) in [6.07, 6.45) is 0. The highest BCUT2D eigenvalue weighted by atomic mass is 32.1. The predicted molar refractivity (Wildman–Crippen MR) is 129 cm³/mol. The van der Waals surface area contributed by atoms with Crippen molar-refractivity contribution in [3.8, 4) is 11.1 Å². The number of anilines is 2. The van der Waals surface area contributed by atoms with Gasteiger partial charge in [-0.3, -0.25) is 9.59 Å². The standard InChI is InChI=1S/C24H25N3O5S/c1-15-20(24(30)32-13-12-31-2)23(33-21(15)22(25)29)27-19(28)14-26-18-11-7-6-10-17(18)16-8-4-3-5-9-16/h3-11,26H,12-14H2,1-2H3,(H2,25,29)(H,27,28). The molecule has 3 aromatic rings. The number of benzene rings is 2. The summed E-state index contributed by atoms with van der Waals surface area (Å²) in [7, 11) is 1.49. The molecule has 0 aliphatic rings. The molecule has 0 saturated carbocycles. The first kappa shape index (κ1) is 24.0. The van der Waals surface area contributed by atoms with Gasteiger partial charge in [0.15, 0.2) is 0 Å². The van der Waals surface area contributed by atoms with Crippen molar-refractivity contribution in [2.24, 2.45) is 5.73 Å². The molecule has 0 fully saturated rings. The van der Waals surface area contributed by atoms with Gasteiger partial charge in [0.05, 0.1) is 23.6 Å². The maximum Gasteiger partial charge on any atom is 0.341 e. The molecule has 9 heteroatoms. The second kappa shape index (κ2) is 11.3. The summed E-state index contributed by atoms with van der Waals surface area (Å²) < 4.78 is 10.1. The number of esters is 1.